The van der Waals surface area contributed by atoms with E-state index in [1.807, 2.05) is 0 Å². The summed E-state index contributed by atoms with van der Waals surface area (Å²) in [5.74, 6) is 0. The van der Waals surface area contributed by atoms with E-state index < -0.39 is 0 Å². The lowest BCUT2D eigenvalue weighted by molar-refractivity contribution is 0.660. The quantitative estimate of drug-likeness (QED) is 0.148. The molecule has 0 N–H and O–H groups in total. The summed E-state index contributed by atoms with van der Waals surface area (Å²) in [6.07, 6.45) is 0. The first-order valence-corrected chi connectivity index (χ1v) is 22.6. The van der Waals surface area contributed by atoms with Crippen LogP contribution in [-0.2, 0) is 5.41 Å². The van der Waals surface area contributed by atoms with Gasteiger partial charge in [0, 0.05) is 38.8 Å². The van der Waals surface area contributed by atoms with Gasteiger partial charge in [0.25, 0.3) is 0 Å². The van der Waals surface area contributed by atoms with E-state index in [-0.39, 0.29) is 5.41 Å². The largest absolute Gasteiger partial charge is 0.310 e. The predicted molar refractivity (Wildman–Crippen MR) is 275 cm³/mol. The average Bonchev–Trinajstić information content (AvgIpc) is 3.83. The van der Waals surface area contributed by atoms with Crippen LogP contribution in [0.15, 0.2) is 243 Å². The second-order valence-electron chi connectivity index (χ2n) is 17.7. The Morgan fingerprint density at radius 2 is 0.862 bits per heavy atom. The summed E-state index contributed by atoms with van der Waals surface area (Å²) in [5, 5.41) is 2.53. The minimum Gasteiger partial charge on any atom is -0.310 e. The standard InChI is InChI=1S/C63H46N2/c1-63(2)57-31-14-11-26-52(57)56-42-49(39-40-58(56)63)64(61-34-18-30-51(45-21-7-4-8-22-45)62(61)55-29-10-9-25-50(55)44-19-5-3-6-20-44)47-37-35-43(36-38-47)46-23-17-24-48(41-46)65-59-32-15-12-27-53(59)54-28-13-16-33-60(54)65/h3-42H,1-2H3. The molecule has 0 saturated heterocycles. The van der Waals surface area contributed by atoms with Crippen molar-refractivity contribution in [2.75, 3.05) is 4.90 Å². The average molecular weight is 831 g/mol. The smallest absolute Gasteiger partial charge is 0.0546 e. The van der Waals surface area contributed by atoms with Crippen molar-refractivity contribution in [1.29, 1.82) is 0 Å². The molecule has 11 aromatic rings. The summed E-state index contributed by atoms with van der Waals surface area (Å²) in [7, 11) is 0. The van der Waals surface area contributed by atoms with Gasteiger partial charge in [0.1, 0.15) is 0 Å². The van der Waals surface area contributed by atoms with E-state index in [2.05, 4.69) is 266 Å². The molecule has 0 spiro atoms. The number of hydrogen-bond acceptors (Lipinski definition) is 1. The highest BCUT2D eigenvalue weighted by atomic mass is 15.1. The minimum atomic E-state index is -0.0995. The van der Waals surface area contributed by atoms with E-state index in [9.17, 15) is 0 Å². The molecule has 1 aliphatic carbocycles. The molecule has 2 heteroatoms. The van der Waals surface area contributed by atoms with E-state index in [1.54, 1.807) is 0 Å². The molecule has 0 radical (unpaired) electrons. The highest BCUT2D eigenvalue weighted by Crippen LogP contribution is 2.53. The van der Waals surface area contributed by atoms with Gasteiger partial charge < -0.3 is 9.47 Å². The van der Waals surface area contributed by atoms with Gasteiger partial charge in [0.15, 0.2) is 0 Å². The zero-order valence-electron chi connectivity index (χ0n) is 36.5. The molecule has 0 atom stereocenters. The summed E-state index contributed by atoms with van der Waals surface area (Å²) in [4.78, 5) is 2.48. The van der Waals surface area contributed by atoms with Crippen LogP contribution in [0.25, 0.3) is 83.1 Å². The zero-order valence-corrected chi connectivity index (χ0v) is 36.5. The number of para-hydroxylation sites is 2. The van der Waals surface area contributed by atoms with E-state index in [0.29, 0.717) is 0 Å². The minimum absolute atomic E-state index is 0.0995. The van der Waals surface area contributed by atoms with Crippen molar-refractivity contribution >= 4 is 38.9 Å². The third kappa shape index (κ3) is 6.40. The van der Waals surface area contributed by atoms with Gasteiger partial charge in [-0.25, -0.2) is 0 Å². The van der Waals surface area contributed by atoms with Gasteiger partial charge in [-0.05, 0) is 116 Å². The molecule has 1 heterocycles. The van der Waals surface area contributed by atoms with Crippen LogP contribution in [0.2, 0.25) is 0 Å². The topological polar surface area (TPSA) is 8.17 Å². The lowest BCUT2D eigenvalue weighted by Crippen LogP contribution is -2.15. The van der Waals surface area contributed by atoms with Crippen molar-refractivity contribution in [2.24, 2.45) is 0 Å². The number of aromatic nitrogens is 1. The van der Waals surface area contributed by atoms with Crippen molar-refractivity contribution in [3.63, 3.8) is 0 Å². The van der Waals surface area contributed by atoms with E-state index >= 15 is 0 Å². The van der Waals surface area contributed by atoms with Crippen LogP contribution in [0, 0.1) is 0 Å². The van der Waals surface area contributed by atoms with Crippen LogP contribution >= 0.6 is 0 Å². The maximum atomic E-state index is 2.48. The van der Waals surface area contributed by atoms with Crippen molar-refractivity contribution in [3.05, 3.63) is 254 Å². The summed E-state index contributed by atoms with van der Waals surface area (Å²) >= 11 is 0. The Morgan fingerprint density at radius 1 is 0.338 bits per heavy atom. The maximum Gasteiger partial charge on any atom is 0.0546 e. The van der Waals surface area contributed by atoms with Gasteiger partial charge in [-0.3, -0.25) is 0 Å². The Kier molecular flexibility index (Phi) is 9.21. The molecule has 12 rings (SSSR count). The summed E-state index contributed by atoms with van der Waals surface area (Å²) < 4.78 is 2.39. The van der Waals surface area contributed by atoms with E-state index in [0.717, 1.165) is 28.3 Å². The second kappa shape index (κ2) is 15.6. The van der Waals surface area contributed by atoms with Crippen molar-refractivity contribution < 1.29 is 0 Å². The number of benzene rings is 10. The fourth-order valence-electron chi connectivity index (χ4n) is 10.5. The van der Waals surface area contributed by atoms with E-state index in [4.69, 9.17) is 0 Å². The molecule has 2 nitrogen and oxygen atoms in total. The van der Waals surface area contributed by atoms with Crippen LogP contribution in [0.1, 0.15) is 25.0 Å². The van der Waals surface area contributed by atoms with Gasteiger partial charge in [-0.15, -0.1) is 0 Å². The summed E-state index contributed by atoms with van der Waals surface area (Å²) in [6, 6.07) is 88.9. The normalized spacial score (nSPS) is 12.6. The Hall–Kier alpha value is -8.20. The molecular weight excluding hydrogens is 785 g/mol. The van der Waals surface area contributed by atoms with Gasteiger partial charge >= 0.3 is 0 Å². The Bertz CT molecular complexity index is 3510. The molecule has 65 heavy (non-hydrogen) atoms. The first-order chi connectivity index (χ1) is 32.0. The lowest BCUT2D eigenvalue weighted by Gasteiger charge is -2.31. The Balaban J connectivity index is 1.06. The van der Waals surface area contributed by atoms with Gasteiger partial charge in [0.2, 0.25) is 0 Å². The SMILES string of the molecule is CC1(C)c2ccccc2-c2cc(N(c3ccc(-c4cccc(-n5c6ccccc6c6ccccc65)c4)cc3)c3cccc(-c4ccccc4)c3-c3ccccc3-c3ccccc3)ccc21. The molecule has 0 bridgehead atoms. The monoisotopic (exact) mass is 830 g/mol. The first kappa shape index (κ1) is 38.5. The molecule has 1 aliphatic rings. The van der Waals surface area contributed by atoms with Crippen molar-refractivity contribution in [2.45, 2.75) is 19.3 Å². The van der Waals surface area contributed by atoms with Crippen LogP contribution in [-0.4, -0.2) is 4.57 Å². The molecular formula is C63H46N2. The number of rotatable bonds is 8. The van der Waals surface area contributed by atoms with Crippen LogP contribution in [0.4, 0.5) is 17.1 Å². The second-order valence-corrected chi connectivity index (χ2v) is 17.7. The maximum absolute atomic E-state index is 2.48. The molecule has 0 amide bonds. The summed E-state index contributed by atoms with van der Waals surface area (Å²) in [6.45, 7) is 4.71. The molecule has 0 unspecified atom stereocenters. The highest BCUT2D eigenvalue weighted by molar-refractivity contribution is 6.09. The Labute approximate surface area is 381 Å². The van der Waals surface area contributed by atoms with Gasteiger partial charge in [-0.2, -0.15) is 0 Å². The molecule has 1 aromatic heterocycles. The fourth-order valence-corrected chi connectivity index (χ4v) is 10.5. The van der Waals surface area contributed by atoms with Crippen LogP contribution < -0.4 is 4.90 Å². The lowest BCUT2D eigenvalue weighted by atomic mass is 9.82. The van der Waals surface area contributed by atoms with Crippen LogP contribution in [0.5, 0.6) is 0 Å². The molecule has 0 aliphatic heterocycles. The summed E-state index contributed by atoms with van der Waals surface area (Å²) in [5.41, 5.74) is 21.5. The molecule has 0 saturated carbocycles. The van der Waals surface area contributed by atoms with Gasteiger partial charge in [-0.1, -0.05) is 202 Å². The van der Waals surface area contributed by atoms with Crippen molar-refractivity contribution in [1.82, 2.24) is 4.57 Å². The highest BCUT2D eigenvalue weighted by Gasteiger charge is 2.36. The molecule has 308 valence electrons. The third-order valence-electron chi connectivity index (χ3n) is 13.6. The third-order valence-corrected chi connectivity index (χ3v) is 13.6. The first-order valence-electron chi connectivity index (χ1n) is 22.6. The van der Waals surface area contributed by atoms with E-state index in [1.165, 1.54) is 83.0 Å². The van der Waals surface area contributed by atoms with Crippen LogP contribution in [0.3, 0.4) is 0 Å². The zero-order chi connectivity index (χ0) is 43.5. The molecule has 10 aromatic carbocycles. The number of hydrogen-bond donors (Lipinski definition) is 0. The van der Waals surface area contributed by atoms with Gasteiger partial charge in [0.05, 0.1) is 16.7 Å². The number of fused-ring (bicyclic) bond motifs is 6. The molecule has 0 fully saturated rings. The Morgan fingerprint density at radius 3 is 1.57 bits per heavy atom. The number of anilines is 3. The fraction of sp³-hybridized carbons (Fsp3) is 0.0476. The van der Waals surface area contributed by atoms with Crippen molar-refractivity contribution in [3.8, 4) is 61.3 Å². The number of nitrogens with zero attached hydrogens (tertiary/aromatic N) is 2. The predicted octanol–water partition coefficient (Wildman–Crippen LogP) is 17.2.